The van der Waals surface area contributed by atoms with Crippen LogP contribution < -0.4 is 0 Å². The highest BCUT2D eigenvalue weighted by Gasteiger charge is 2.16. The Morgan fingerprint density at radius 3 is 1.50 bits per heavy atom. The second kappa shape index (κ2) is 10.6. The van der Waals surface area contributed by atoms with Crippen molar-refractivity contribution in [3.8, 4) is 0 Å². The minimum Gasteiger partial charge on any atom is -0.461 e. The Morgan fingerprint density at radius 2 is 1.22 bits per heavy atom. The van der Waals surface area contributed by atoms with Crippen LogP contribution in [0.3, 0.4) is 0 Å². The van der Waals surface area contributed by atoms with Gasteiger partial charge in [0.1, 0.15) is 13.2 Å². The number of hydrogen-bond acceptors (Lipinski definition) is 6. The number of rotatable bonds is 9. The molecule has 106 valence electrons. The molecule has 0 aliphatic carbocycles. The molecule has 0 rings (SSSR count). The van der Waals surface area contributed by atoms with Crippen LogP contribution in [0.4, 0.5) is 0 Å². The maximum Gasteiger partial charge on any atom is 0.318 e. The van der Waals surface area contributed by atoms with Gasteiger partial charge in [-0.15, -0.1) is 0 Å². The van der Waals surface area contributed by atoms with Gasteiger partial charge in [-0.2, -0.15) is 25.3 Å². The van der Waals surface area contributed by atoms with Gasteiger partial charge in [-0.3, -0.25) is 9.59 Å². The van der Waals surface area contributed by atoms with Crippen LogP contribution in [-0.4, -0.2) is 35.7 Å². The van der Waals surface area contributed by atoms with Gasteiger partial charge in [0.2, 0.25) is 0 Å². The number of esters is 2. The maximum atomic E-state index is 11.4. The molecule has 0 fully saturated rings. The zero-order chi connectivity index (χ0) is 14.0. The molecule has 0 saturated heterocycles. The van der Waals surface area contributed by atoms with Crippen molar-refractivity contribution in [3.63, 3.8) is 0 Å². The number of ether oxygens (including phenoxy) is 2. The van der Waals surface area contributed by atoms with Crippen LogP contribution in [0, 0.1) is 0 Å². The van der Waals surface area contributed by atoms with Gasteiger partial charge < -0.3 is 9.47 Å². The highest BCUT2D eigenvalue weighted by Crippen LogP contribution is 2.08. The lowest BCUT2D eigenvalue weighted by molar-refractivity contribution is -0.151. The summed E-state index contributed by atoms with van der Waals surface area (Å²) >= 11 is 8.23. The van der Waals surface area contributed by atoms with E-state index >= 15 is 0 Å². The topological polar surface area (TPSA) is 52.6 Å². The smallest absolute Gasteiger partial charge is 0.318 e. The summed E-state index contributed by atoms with van der Waals surface area (Å²) in [6.45, 7) is 4.08. The van der Waals surface area contributed by atoms with E-state index in [1.165, 1.54) is 0 Å². The molecule has 2 atom stereocenters. The summed E-state index contributed by atoms with van der Waals surface area (Å²) in [4.78, 5) is 22.7. The van der Waals surface area contributed by atoms with Crippen molar-refractivity contribution in [3.05, 3.63) is 0 Å². The van der Waals surface area contributed by atoms with Crippen molar-refractivity contribution >= 4 is 37.2 Å². The van der Waals surface area contributed by atoms with Crippen molar-refractivity contribution in [2.75, 3.05) is 13.2 Å². The van der Waals surface area contributed by atoms with Crippen molar-refractivity contribution in [1.29, 1.82) is 0 Å². The Hall–Kier alpha value is -0.360. The van der Waals surface area contributed by atoms with Crippen LogP contribution in [0.2, 0.25) is 0 Å². The second-order valence-electron chi connectivity index (χ2n) is 3.94. The molecule has 6 heteroatoms. The van der Waals surface area contributed by atoms with Crippen molar-refractivity contribution < 1.29 is 19.1 Å². The quantitative estimate of drug-likeness (QED) is 0.389. The van der Waals surface area contributed by atoms with Crippen LogP contribution in [-0.2, 0) is 19.1 Å². The number of carbonyl (C=O) groups excluding carboxylic acids is 2. The Labute approximate surface area is 120 Å². The fraction of sp³-hybridized carbons (Fsp3) is 0.833. The van der Waals surface area contributed by atoms with Gasteiger partial charge in [0.05, 0.1) is 10.5 Å². The van der Waals surface area contributed by atoms with E-state index in [1.54, 1.807) is 0 Å². The third-order valence-electron chi connectivity index (χ3n) is 2.24. The third kappa shape index (κ3) is 7.87. The largest absolute Gasteiger partial charge is 0.461 e. The summed E-state index contributed by atoms with van der Waals surface area (Å²) in [6, 6.07) is 0. The summed E-state index contributed by atoms with van der Waals surface area (Å²) in [6.07, 6.45) is 3.10. The standard InChI is InChI=1S/C12H22O4S2/c1-3-5-9(17)11(13)15-7-8-16-12(14)10(18)6-4-2/h9-10,17-18H,3-8H2,1-2H3. The van der Waals surface area contributed by atoms with E-state index < -0.39 is 10.5 Å². The molecule has 0 aromatic rings. The average molecular weight is 294 g/mol. The molecule has 0 spiro atoms. The van der Waals surface area contributed by atoms with Crippen LogP contribution in [0.1, 0.15) is 39.5 Å². The molecule has 0 N–H and O–H groups in total. The van der Waals surface area contributed by atoms with Gasteiger partial charge in [-0.1, -0.05) is 26.7 Å². The zero-order valence-corrected chi connectivity index (χ0v) is 12.7. The SMILES string of the molecule is CCCC(S)C(=O)OCCOC(=O)C(S)CCC. The lowest BCUT2D eigenvalue weighted by Crippen LogP contribution is -2.23. The summed E-state index contributed by atoms with van der Waals surface area (Å²) in [5.41, 5.74) is 0. The molecule has 18 heavy (non-hydrogen) atoms. The summed E-state index contributed by atoms with van der Waals surface area (Å²) in [5, 5.41) is -0.799. The maximum absolute atomic E-state index is 11.4. The van der Waals surface area contributed by atoms with Crippen LogP contribution in [0.15, 0.2) is 0 Å². The zero-order valence-electron chi connectivity index (χ0n) is 10.9. The summed E-state index contributed by atoms with van der Waals surface area (Å²) in [5.74, 6) is -0.737. The molecular formula is C12H22O4S2. The normalized spacial score (nSPS) is 13.8. The molecular weight excluding hydrogens is 272 g/mol. The van der Waals surface area contributed by atoms with E-state index in [4.69, 9.17) is 9.47 Å². The average Bonchev–Trinajstić information content (AvgIpc) is 2.34. The number of thiol groups is 2. The molecule has 0 aromatic heterocycles. The van der Waals surface area contributed by atoms with Gasteiger partial charge in [-0.05, 0) is 12.8 Å². The molecule has 0 heterocycles. The highest BCUT2D eigenvalue weighted by atomic mass is 32.1. The minimum atomic E-state index is -0.400. The first-order chi connectivity index (χ1) is 8.52. The van der Waals surface area contributed by atoms with Crippen LogP contribution in [0.25, 0.3) is 0 Å². The van der Waals surface area contributed by atoms with Gasteiger partial charge in [0, 0.05) is 0 Å². The van der Waals surface area contributed by atoms with Gasteiger partial charge in [-0.25, -0.2) is 0 Å². The number of carbonyl (C=O) groups is 2. The molecule has 0 radical (unpaired) electrons. The van der Waals surface area contributed by atoms with E-state index in [1.807, 2.05) is 13.8 Å². The second-order valence-corrected chi connectivity index (χ2v) is 5.19. The Bertz CT molecular complexity index is 232. The van der Waals surface area contributed by atoms with E-state index in [-0.39, 0.29) is 25.2 Å². The van der Waals surface area contributed by atoms with Gasteiger partial charge in [0.15, 0.2) is 0 Å². The van der Waals surface area contributed by atoms with Crippen LogP contribution >= 0.6 is 25.3 Å². The fourth-order valence-corrected chi connectivity index (χ4v) is 1.92. The molecule has 2 unspecified atom stereocenters. The molecule has 0 aliphatic rings. The molecule has 0 bridgehead atoms. The van der Waals surface area contributed by atoms with Crippen molar-refractivity contribution in [2.24, 2.45) is 0 Å². The minimum absolute atomic E-state index is 0.0674. The lowest BCUT2D eigenvalue weighted by Gasteiger charge is -2.11. The van der Waals surface area contributed by atoms with E-state index in [9.17, 15) is 9.59 Å². The van der Waals surface area contributed by atoms with Crippen LogP contribution in [0.5, 0.6) is 0 Å². The first-order valence-corrected chi connectivity index (χ1v) is 7.25. The first-order valence-electron chi connectivity index (χ1n) is 6.22. The number of hydrogen-bond donors (Lipinski definition) is 2. The molecule has 0 saturated carbocycles. The molecule has 0 amide bonds. The Balaban J connectivity index is 3.67. The van der Waals surface area contributed by atoms with E-state index in [0.717, 1.165) is 12.8 Å². The Morgan fingerprint density at radius 1 is 0.889 bits per heavy atom. The molecule has 4 nitrogen and oxygen atoms in total. The van der Waals surface area contributed by atoms with Crippen molar-refractivity contribution in [1.82, 2.24) is 0 Å². The predicted octanol–water partition coefficient (Wildman–Crippen LogP) is 2.27. The van der Waals surface area contributed by atoms with E-state index in [2.05, 4.69) is 25.3 Å². The first kappa shape index (κ1) is 17.6. The third-order valence-corrected chi connectivity index (χ3v) is 3.18. The lowest BCUT2D eigenvalue weighted by atomic mass is 10.2. The predicted molar refractivity (Wildman–Crippen MR) is 77.3 cm³/mol. The van der Waals surface area contributed by atoms with Gasteiger partial charge >= 0.3 is 11.9 Å². The summed E-state index contributed by atoms with van der Waals surface area (Å²) in [7, 11) is 0. The van der Waals surface area contributed by atoms with Crippen molar-refractivity contribution in [2.45, 2.75) is 50.0 Å². The van der Waals surface area contributed by atoms with E-state index in [0.29, 0.717) is 12.8 Å². The monoisotopic (exact) mass is 294 g/mol. The van der Waals surface area contributed by atoms with Gasteiger partial charge in [0.25, 0.3) is 0 Å². The molecule has 0 aliphatic heterocycles. The Kier molecular flexibility index (Phi) is 10.3. The summed E-state index contributed by atoms with van der Waals surface area (Å²) < 4.78 is 9.86. The molecule has 0 aromatic carbocycles. The fourth-order valence-electron chi connectivity index (χ4n) is 1.26. The highest BCUT2D eigenvalue weighted by molar-refractivity contribution is 7.82.